The summed E-state index contributed by atoms with van der Waals surface area (Å²) in [7, 11) is 1.97. The molecule has 0 aliphatic rings. The molecule has 0 fully saturated rings. The van der Waals surface area contributed by atoms with Crippen LogP contribution in [0.15, 0.2) is 18.2 Å². The van der Waals surface area contributed by atoms with Crippen molar-refractivity contribution in [3.8, 4) is 5.75 Å². The Morgan fingerprint density at radius 1 is 1.35 bits per heavy atom. The summed E-state index contributed by atoms with van der Waals surface area (Å²) in [6.45, 7) is 6.00. The second-order valence-electron chi connectivity index (χ2n) is 4.78. The van der Waals surface area contributed by atoms with Crippen molar-refractivity contribution >= 4 is 5.69 Å². The highest BCUT2D eigenvalue weighted by Crippen LogP contribution is 2.23. The van der Waals surface area contributed by atoms with Crippen LogP contribution in [-0.4, -0.2) is 20.2 Å². The number of benzene rings is 1. The smallest absolute Gasteiger partial charge is 0.142 e. The van der Waals surface area contributed by atoms with Crippen molar-refractivity contribution in [1.29, 1.82) is 0 Å². The van der Waals surface area contributed by atoms with E-state index in [9.17, 15) is 0 Å². The lowest BCUT2D eigenvalue weighted by Crippen LogP contribution is -2.09. The van der Waals surface area contributed by atoms with Crippen LogP contribution >= 0.6 is 0 Å². The summed E-state index contributed by atoms with van der Waals surface area (Å²) in [6.07, 6.45) is 2.18. The topological polar surface area (TPSA) is 47.3 Å². The summed E-state index contributed by atoms with van der Waals surface area (Å²) >= 11 is 0. The van der Waals surface area contributed by atoms with Gasteiger partial charge in [-0.1, -0.05) is 19.9 Å². The van der Waals surface area contributed by atoms with Gasteiger partial charge in [0.05, 0.1) is 12.3 Å². The van der Waals surface area contributed by atoms with E-state index in [1.807, 2.05) is 19.2 Å². The van der Waals surface area contributed by atoms with E-state index in [1.54, 1.807) is 0 Å². The molecule has 0 atom stereocenters. The molecule has 0 aromatic heterocycles. The molecule has 0 saturated heterocycles. The highest BCUT2D eigenvalue weighted by atomic mass is 16.5. The SMILES string of the molecule is CNCCCc1ccc(OCC(C)C)c(N)c1. The molecule has 0 unspecified atom stereocenters. The molecular formula is C14H24N2O. The van der Waals surface area contributed by atoms with E-state index < -0.39 is 0 Å². The summed E-state index contributed by atoms with van der Waals surface area (Å²) in [6, 6.07) is 6.10. The van der Waals surface area contributed by atoms with Crippen LogP contribution in [0.5, 0.6) is 5.75 Å². The van der Waals surface area contributed by atoms with Crippen molar-refractivity contribution in [3.05, 3.63) is 23.8 Å². The number of nitrogen functional groups attached to an aromatic ring is 1. The predicted octanol–water partition coefficient (Wildman–Crippen LogP) is 2.46. The Balaban J connectivity index is 2.53. The van der Waals surface area contributed by atoms with Gasteiger partial charge < -0.3 is 15.8 Å². The summed E-state index contributed by atoms with van der Waals surface area (Å²) in [4.78, 5) is 0. The van der Waals surface area contributed by atoms with Crippen LogP contribution in [0.25, 0.3) is 0 Å². The second kappa shape index (κ2) is 7.17. The van der Waals surface area contributed by atoms with Gasteiger partial charge in [-0.2, -0.15) is 0 Å². The highest BCUT2D eigenvalue weighted by molar-refractivity contribution is 5.54. The maximum atomic E-state index is 5.97. The first-order chi connectivity index (χ1) is 8.13. The van der Waals surface area contributed by atoms with Crippen LogP contribution in [0.3, 0.4) is 0 Å². The Kier molecular flexibility index (Phi) is 5.84. The monoisotopic (exact) mass is 236 g/mol. The molecule has 3 nitrogen and oxygen atoms in total. The third-order valence-corrected chi connectivity index (χ3v) is 2.54. The molecule has 1 aromatic carbocycles. The van der Waals surface area contributed by atoms with Gasteiger partial charge in [-0.3, -0.25) is 0 Å². The maximum Gasteiger partial charge on any atom is 0.142 e. The van der Waals surface area contributed by atoms with Gasteiger partial charge in [0.1, 0.15) is 5.75 Å². The molecule has 0 amide bonds. The van der Waals surface area contributed by atoms with Gasteiger partial charge in [0.2, 0.25) is 0 Å². The van der Waals surface area contributed by atoms with Crippen molar-refractivity contribution in [2.24, 2.45) is 5.92 Å². The maximum absolute atomic E-state index is 5.97. The van der Waals surface area contributed by atoms with Gasteiger partial charge in [0.25, 0.3) is 0 Å². The largest absolute Gasteiger partial charge is 0.491 e. The zero-order chi connectivity index (χ0) is 12.7. The number of aryl methyl sites for hydroxylation is 1. The average Bonchev–Trinajstić information content (AvgIpc) is 2.28. The van der Waals surface area contributed by atoms with Crippen molar-refractivity contribution in [2.45, 2.75) is 26.7 Å². The molecule has 0 aliphatic heterocycles. The molecule has 3 N–H and O–H groups in total. The number of anilines is 1. The summed E-state index contributed by atoms with van der Waals surface area (Å²) in [5.41, 5.74) is 7.99. The Hall–Kier alpha value is -1.22. The van der Waals surface area contributed by atoms with Gasteiger partial charge in [-0.25, -0.2) is 0 Å². The summed E-state index contributed by atoms with van der Waals surface area (Å²) < 4.78 is 5.64. The fourth-order valence-electron chi connectivity index (χ4n) is 1.61. The van der Waals surface area contributed by atoms with Gasteiger partial charge in [0, 0.05) is 0 Å². The fraction of sp³-hybridized carbons (Fsp3) is 0.571. The highest BCUT2D eigenvalue weighted by Gasteiger charge is 2.03. The zero-order valence-electron chi connectivity index (χ0n) is 11.1. The van der Waals surface area contributed by atoms with E-state index >= 15 is 0 Å². The molecular weight excluding hydrogens is 212 g/mol. The van der Waals surface area contributed by atoms with E-state index in [4.69, 9.17) is 10.5 Å². The first-order valence-electron chi connectivity index (χ1n) is 6.29. The second-order valence-corrected chi connectivity index (χ2v) is 4.78. The standard InChI is InChI=1S/C14H24N2O/c1-11(2)10-17-14-7-6-12(9-13(14)15)5-4-8-16-3/h6-7,9,11,16H,4-5,8,10,15H2,1-3H3. The molecule has 96 valence electrons. The van der Waals surface area contributed by atoms with Crippen molar-refractivity contribution < 1.29 is 4.74 Å². The lowest BCUT2D eigenvalue weighted by molar-refractivity contribution is 0.272. The first-order valence-corrected chi connectivity index (χ1v) is 6.29. The van der Waals surface area contributed by atoms with E-state index in [1.165, 1.54) is 5.56 Å². The number of ether oxygens (including phenoxy) is 1. The molecule has 0 spiro atoms. The number of nitrogens with one attached hydrogen (secondary N) is 1. The van der Waals surface area contributed by atoms with Crippen LogP contribution in [0.2, 0.25) is 0 Å². The number of hydrogen-bond acceptors (Lipinski definition) is 3. The molecule has 0 aliphatic carbocycles. The van der Waals surface area contributed by atoms with Crippen molar-refractivity contribution in [3.63, 3.8) is 0 Å². The Bertz CT molecular complexity index is 337. The van der Waals surface area contributed by atoms with Gasteiger partial charge in [0.15, 0.2) is 0 Å². The molecule has 17 heavy (non-hydrogen) atoms. The molecule has 0 bridgehead atoms. The van der Waals surface area contributed by atoms with E-state index in [0.29, 0.717) is 12.5 Å². The van der Waals surface area contributed by atoms with E-state index in [-0.39, 0.29) is 0 Å². The van der Waals surface area contributed by atoms with Crippen LogP contribution in [0, 0.1) is 5.92 Å². The van der Waals surface area contributed by atoms with Gasteiger partial charge in [-0.05, 0) is 50.0 Å². The van der Waals surface area contributed by atoms with Crippen molar-refractivity contribution in [1.82, 2.24) is 5.32 Å². The number of hydrogen-bond donors (Lipinski definition) is 2. The van der Waals surface area contributed by atoms with Crippen LogP contribution in [-0.2, 0) is 6.42 Å². The molecule has 1 aromatic rings. The summed E-state index contributed by atoms with van der Waals surface area (Å²) in [5, 5.41) is 3.14. The van der Waals surface area contributed by atoms with Gasteiger partial charge >= 0.3 is 0 Å². The minimum Gasteiger partial charge on any atom is -0.491 e. The molecule has 0 radical (unpaired) electrons. The van der Waals surface area contributed by atoms with Crippen LogP contribution in [0.4, 0.5) is 5.69 Å². The summed E-state index contributed by atoms with van der Waals surface area (Å²) in [5.74, 6) is 1.32. The Morgan fingerprint density at radius 3 is 2.71 bits per heavy atom. The third-order valence-electron chi connectivity index (χ3n) is 2.54. The fourth-order valence-corrected chi connectivity index (χ4v) is 1.61. The normalized spacial score (nSPS) is 10.8. The lowest BCUT2D eigenvalue weighted by Gasteiger charge is -2.12. The average molecular weight is 236 g/mol. The zero-order valence-corrected chi connectivity index (χ0v) is 11.1. The minimum atomic E-state index is 0.518. The number of rotatable bonds is 7. The minimum absolute atomic E-state index is 0.518. The lowest BCUT2D eigenvalue weighted by atomic mass is 10.1. The predicted molar refractivity (Wildman–Crippen MR) is 73.4 cm³/mol. The van der Waals surface area contributed by atoms with E-state index in [0.717, 1.165) is 30.8 Å². The molecule has 1 rings (SSSR count). The Labute approximate surface area is 104 Å². The molecule has 0 saturated carbocycles. The third kappa shape index (κ3) is 5.09. The first kappa shape index (κ1) is 13.8. The van der Waals surface area contributed by atoms with E-state index in [2.05, 4.69) is 25.2 Å². The van der Waals surface area contributed by atoms with Crippen LogP contribution < -0.4 is 15.8 Å². The molecule has 0 heterocycles. The number of nitrogens with two attached hydrogens (primary N) is 1. The quantitative estimate of drug-likeness (QED) is 0.565. The van der Waals surface area contributed by atoms with Crippen LogP contribution in [0.1, 0.15) is 25.8 Å². The van der Waals surface area contributed by atoms with Gasteiger partial charge in [-0.15, -0.1) is 0 Å². The molecule has 3 heteroatoms. The van der Waals surface area contributed by atoms with Crippen molar-refractivity contribution in [2.75, 3.05) is 25.9 Å². The Morgan fingerprint density at radius 2 is 2.12 bits per heavy atom.